The van der Waals surface area contributed by atoms with Crippen molar-refractivity contribution in [3.8, 4) is 0 Å². The summed E-state index contributed by atoms with van der Waals surface area (Å²) >= 11 is 2.13. The van der Waals surface area contributed by atoms with Gasteiger partial charge in [-0.3, -0.25) is 0 Å². The number of nitrogens with two attached hydrogens (primary N) is 1. The number of thioether (sulfide) groups is 1. The van der Waals surface area contributed by atoms with Gasteiger partial charge < -0.3 is 10.6 Å². The lowest BCUT2D eigenvalue weighted by atomic mass is 9.96. The highest BCUT2D eigenvalue weighted by Gasteiger charge is 2.22. The van der Waals surface area contributed by atoms with Crippen LogP contribution in [0.15, 0.2) is 0 Å². The number of hydrogen-bond acceptors (Lipinski definition) is 3. The first kappa shape index (κ1) is 10.8. The molecule has 82 valence electrons. The third-order valence-electron chi connectivity index (χ3n) is 3.58. The number of likely N-dealkylation sites (tertiary alicyclic amines) is 1. The van der Waals surface area contributed by atoms with Gasteiger partial charge in [0.25, 0.3) is 0 Å². The molecule has 0 amide bonds. The van der Waals surface area contributed by atoms with Gasteiger partial charge in [0.2, 0.25) is 0 Å². The predicted octanol–water partition coefficient (Wildman–Crippen LogP) is 1.41. The highest BCUT2D eigenvalue weighted by atomic mass is 32.2. The SMILES string of the molecule is NCC1CCN(CC2CCSC2)CC1. The van der Waals surface area contributed by atoms with E-state index in [0.29, 0.717) is 0 Å². The molecule has 2 aliphatic rings. The van der Waals surface area contributed by atoms with E-state index >= 15 is 0 Å². The zero-order valence-corrected chi connectivity index (χ0v) is 9.77. The molecule has 14 heavy (non-hydrogen) atoms. The van der Waals surface area contributed by atoms with Crippen molar-refractivity contribution in [3.05, 3.63) is 0 Å². The van der Waals surface area contributed by atoms with Gasteiger partial charge in [-0.1, -0.05) is 0 Å². The Morgan fingerprint density at radius 2 is 1.93 bits per heavy atom. The first-order chi connectivity index (χ1) is 6.88. The van der Waals surface area contributed by atoms with Crippen LogP contribution in [0.3, 0.4) is 0 Å². The van der Waals surface area contributed by atoms with E-state index in [4.69, 9.17) is 5.73 Å². The fourth-order valence-corrected chi connectivity index (χ4v) is 3.77. The van der Waals surface area contributed by atoms with Crippen LogP contribution in [0, 0.1) is 11.8 Å². The van der Waals surface area contributed by atoms with Crippen LogP contribution in [-0.2, 0) is 0 Å². The quantitative estimate of drug-likeness (QED) is 0.770. The third kappa shape index (κ3) is 2.88. The van der Waals surface area contributed by atoms with Gasteiger partial charge in [-0.2, -0.15) is 11.8 Å². The number of piperidine rings is 1. The van der Waals surface area contributed by atoms with Crippen molar-refractivity contribution in [2.24, 2.45) is 17.6 Å². The minimum atomic E-state index is 0.809. The molecule has 0 radical (unpaired) electrons. The van der Waals surface area contributed by atoms with E-state index in [0.717, 1.165) is 18.4 Å². The maximum atomic E-state index is 5.69. The molecule has 2 heterocycles. The summed E-state index contributed by atoms with van der Waals surface area (Å²) in [6.45, 7) is 4.84. The minimum Gasteiger partial charge on any atom is -0.330 e. The molecular formula is C11H22N2S. The Kier molecular flexibility index (Phi) is 4.14. The summed E-state index contributed by atoms with van der Waals surface area (Å²) in [6.07, 6.45) is 4.11. The molecule has 3 heteroatoms. The van der Waals surface area contributed by atoms with E-state index in [1.165, 1.54) is 50.4 Å². The lowest BCUT2D eigenvalue weighted by Crippen LogP contribution is -2.38. The van der Waals surface area contributed by atoms with Gasteiger partial charge in [0.1, 0.15) is 0 Å². The molecule has 0 saturated carbocycles. The van der Waals surface area contributed by atoms with Crippen LogP contribution in [0.2, 0.25) is 0 Å². The smallest absolute Gasteiger partial charge is 0.00178 e. The van der Waals surface area contributed by atoms with Gasteiger partial charge >= 0.3 is 0 Å². The van der Waals surface area contributed by atoms with E-state index in [1.807, 2.05) is 0 Å². The fourth-order valence-electron chi connectivity index (χ4n) is 2.50. The van der Waals surface area contributed by atoms with Crippen LogP contribution in [0.1, 0.15) is 19.3 Å². The first-order valence-corrected chi connectivity index (χ1v) is 7.04. The summed E-state index contributed by atoms with van der Waals surface area (Å²) < 4.78 is 0. The summed E-state index contributed by atoms with van der Waals surface area (Å²) in [4.78, 5) is 2.66. The largest absolute Gasteiger partial charge is 0.330 e. The average molecular weight is 214 g/mol. The highest BCUT2D eigenvalue weighted by molar-refractivity contribution is 7.99. The third-order valence-corrected chi connectivity index (χ3v) is 4.81. The lowest BCUT2D eigenvalue weighted by Gasteiger charge is -2.32. The summed E-state index contributed by atoms with van der Waals surface area (Å²) in [5.41, 5.74) is 5.69. The highest BCUT2D eigenvalue weighted by Crippen LogP contribution is 2.25. The average Bonchev–Trinajstić information content (AvgIpc) is 2.72. The number of rotatable bonds is 3. The topological polar surface area (TPSA) is 29.3 Å². The van der Waals surface area contributed by atoms with Gasteiger partial charge in [0.15, 0.2) is 0 Å². The van der Waals surface area contributed by atoms with Gasteiger partial charge in [-0.05, 0) is 62.2 Å². The van der Waals surface area contributed by atoms with Crippen LogP contribution < -0.4 is 5.73 Å². The zero-order valence-electron chi connectivity index (χ0n) is 8.95. The van der Waals surface area contributed by atoms with Crippen molar-refractivity contribution in [2.75, 3.05) is 37.7 Å². The Morgan fingerprint density at radius 1 is 1.14 bits per heavy atom. The summed E-state index contributed by atoms with van der Waals surface area (Å²) in [5.74, 6) is 4.58. The van der Waals surface area contributed by atoms with Crippen molar-refractivity contribution in [3.63, 3.8) is 0 Å². The zero-order chi connectivity index (χ0) is 9.80. The number of nitrogens with zero attached hydrogens (tertiary/aromatic N) is 1. The van der Waals surface area contributed by atoms with Gasteiger partial charge in [0.05, 0.1) is 0 Å². The second-order valence-electron chi connectivity index (χ2n) is 4.71. The van der Waals surface area contributed by atoms with E-state index in [1.54, 1.807) is 0 Å². The lowest BCUT2D eigenvalue weighted by molar-refractivity contribution is 0.168. The first-order valence-electron chi connectivity index (χ1n) is 5.88. The summed E-state index contributed by atoms with van der Waals surface area (Å²) in [7, 11) is 0. The second kappa shape index (κ2) is 5.38. The van der Waals surface area contributed by atoms with Gasteiger partial charge in [-0.25, -0.2) is 0 Å². The van der Waals surface area contributed by atoms with E-state index in [-0.39, 0.29) is 0 Å². The Labute approximate surface area is 91.6 Å². The molecule has 1 atom stereocenters. The van der Waals surface area contributed by atoms with E-state index in [2.05, 4.69) is 16.7 Å². The molecule has 0 aromatic heterocycles. The molecule has 2 aliphatic heterocycles. The summed E-state index contributed by atoms with van der Waals surface area (Å²) in [5, 5.41) is 0. The molecular weight excluding hydrogens is 192 g/mol. The summed E-state index contributed by atoms with van der Waals surface area (Å²) in [6, 6.07) is 0. The monoisotopic (exact) mass is 214 g/mol. The maximum absolute atomic E-state index is 5.69. The molecule has 0 aromatic rings. The van der Waals surface area contributed by atoms with Crippen LogP contribution in [0.25, 0.3) is 0 Å². The second-order valence-corrected chi connectivity index (χ2v) is 5.86. The molecule has 1 unspecified atom stereocenters. The standard InChI is InChI=1S/C11H22N2S/c12-7-10-1-4-13(5-2-10)8-11-3-6-14-9-11/h10-11H,1-9,12H2. The van der Waals surface area contributed by atoms with Crippen LogP contribution in [0.4, 0.5) is 0 Å². The van der Waals surface area contributed by atoms with Crippen molar-refractivity contribution in [2.45, 2.75) is 19.3 Å². The molecule has 2 fully saturated rings. The fraction of sp³-hybridized carbons (Fsp3) is 1.00. The van der Waals surface area contributed by atoms with Crippen LogP contribution in [-0.4, -0.2) is 42.6 Å². The van der Waals surface area contributed by atoms with Crippen molar-refractivity contribution >= 4 is 11.8 Å². The molecule has 0 aromatic carbocycles. The molecule has 2 nitrogen and oxygen atoms in total. The van der Waals surface area contributed by atoms with Crippen molar-refractivity contribution in [1.82, 2.24) is 4.90 Å². The Hall–Kier alpha value is 0.270. The van der Waals surface area contributed by atoms with E-state index in [9.17, 15) is 0 Å². The molecule has 0 bridgehead atoms. The van der Waals surface area contributed by atoms with Crippen LogP contribution >= 0.6 is 11.8 Å². The van der Waals surface area contributed by atoms with Crippen LogP contribution in [0.5, 0.6) is 0 Å². The van der Waals surface area contributed by atoms with Crippen molar-refractivity contribution in [1.29, 1.82) is 0 Å². The minimum absolute atomic E-state index is 0.809. The van der Waals surface area contributed by atoms with Gasteiger partial charge in [-0.15, -0.1) is 0 Å². The number of hydrogen-bond donors (Lipinski definition) is 1. The molecule has 2 N–H and O–H groups in total. The predicted molar refractivity (Wildman–Crippen MR) is 63.7 cm³/mol. The Morgan fingerprint density at radius 3 is 2.50 bits per heavy atom. The molecule has 2 rings (SSSR count). The Bertz CT molecular complexity index is 161. The molecule has 0 aliphatic carbocycles. The maximum Gasteiger partial charge on any atom is 0.00178 e. The molecule has 0 spiro atoms. The van der Waals surface area contributed by atoms with Gasteiger partial charge in [0, 0.05) is 6.54 Å². The molecule has 2 saturated heterocycles. The Balaban J connectivity index is 1.67. The normalized spacial score (nSPS) is 31.1. The van der Waals surface area contributed by atoms with E-state index < -0.39 is 0 Å². The van der Waals surface area contributed by atoms with Crippen molar-refractivity contribution < 1.29 is 0 Å².